The number of benzene rings is 1. The van der Waals surface area contributed by atoms with Gasteiger partial charge >= 0.3 is 0 Å². The van der Waals surface area contributed by atoms with Gasteiger partial charge in [-0.15, -0.1) is 0 Å². The molecular weight excluding hydrogens is 224 g/mol. The molecule has 0 aromatic heterocycles. The van der Waals surface area contributed by atoms with E-state index in [0.717, 1.165) is 23.7 Å². The van der Waals surface area contributed by atoms with Crippen molar-refractivity contribution in [2.24, 2.45) is 23.7 Å². The first-order valence-electron chi connectivity index (χ1n) is 6.76. The maximum absolute atomic E-state index is 2.52. The van der Waals surface area contributed by atoms with Crippen LogP contribution < -0.4 is 0 Å². The third-order valence-electron chi connectivity index (χ3n) is 4.87. The Morgan fingerprint density at radius 1 is 0.941 bits per heavy atom. The second-order valence-electron chi connectivity index (χ2n) is 5.85. The fourth-order valence-electron chi connectivity index (χ4n) is 4.06. The molecule has 0 amide bonds. The summed E-state index contributed by atoms with van der Waals surface area (Å²) in [6, 6.07) is 11.1. The summed E-state index contributed by atoms with van der Waals surface area (Å²) >= 11 is 0. The van der Waals surface area contributed by atoms with Gasteiger partial charge in [0.25, 0.3) is 0 Å². The smallest absolute Gasteiger partial charge is 0.0846 e. The molecule has 1 heterocycles. The van der Waals surface area contributed by atoms with Crippen LogP contribution in [-0.4, -0.2) is 11.5 Å². The number of hydrogen-bond acceptors (Lipinski definition) is 0. The molecule has 0 spiro atoms. The van der Waals surface area contributed by atoms with Gasteiger partial charge in [0.2, 0.25) is 0 Å². The Kier molecular flexibility index (Phi) is 2.36. The minimum Gasteiger partial charge on any atom is -0.0846 e. The molecule has 4 rings (SSSR count). The molecule has 1 heteroatoms. The quantitative estimate of drug-likeness (QED) is 0.552. The number of rotatable bonds is 2. The molecule has 1 unspecified atom stereocenters. The molecule has 1 saturated carbocycles. The molecule has 2 bridgehead atoms. The van der Waals surface area contributed by atoms with Crippen molar-refractivity contribution >= 4 is 10.9 Å². The molecular formula is C16H19S+. The molecule has 1 aromatic rings. The summed E-state index contributed by atoms with van der Waals surface area (Å²) in [6.45, 7) is 0. The number of hydrogen-bond donors (Lipinski definition) is 0. The molecule has 17 heavy (non-hydrogen) atoms. The highest BCUT2D eigenvalue weighted by molar-refractivity contribution is 7.96. The van der Waals surface area contributed by atoms with E-state index >= 15 is 0 Å². The number of fused-ring (bicyclic) bond motifs is 5. The van der Waals surface area contributed by atoms with Crippen molar-refractivity contribution in [3.8, 4) is 0 Å². The van der Waals surface area contributed by atoms with Crippen LogP contribution in [0.4, 0.5) is 0 Å². The summed E-state index contributed by atoms with van der Waals surface area (Å²) in [5.74, 6) is 8.40. The molecule has 0 nitrogen and oxygen atoms in total. The van der Waals surface area contributed by atoms with Crippen molar-refractivity contribution in [2.75, 3.05) is 11.5 Å². The van der Waals surface area contributed by atoms with Gasteiger partial charge < -0.3 is 0 Å². The number of allylic oxidation sites excluding steroid dienone is 2. The zero-order chi connectivity index (χ0) is 11.2. The van der Waals surface area contributed by atoms with Gasteiger partial charge in [-0.2, -0.15) is 0 Å². The molecule has 88 valence electrons. The monoisotopic (exact) mass is 243 g/mol. The van der Waals surface area contributed by atoms with E-state index in [4.69, 9.17) is 0 Å². The largest absolute Gasteiger partial charge is 0.133 e. The summed E-state index contributed by atoms with van der Waals surface area (Å²) in [6.07, 6.45) is 6.51. The van der Waals surface area contributed by atoms with E-state index in [0.29, 0.717) is 10.9 Å². The van der Waals surface area contributed by atoms with Crippen molar-refractivity contribution in [3.63, 3.8) is 0 Å². The predicted molar refractivity (Wildman–Crippen MR) is 75.0 cm³/mol. The average Bonchev–Trinajstić information content (AvgIpc) is 3.00. The van der Waals surface area contributed by atoms with Gasteiger partial charge in [-0.1, -0.05) is 42.5 Å². The lowest BCUT2D eigenvalue weighted by Gasteiger charge is -2.14. The van der Waals surface area contributed by atoms with E-state index in [9.17, 15) is 0 Å². The third-order valence-corrected chi connectivity index (χ3v) is 7.32. The van der Waals surface area contributed by atoms with E-state index in [2.05, 4.69) is 42.5 Å². The van der Waals surface area contributed by atoms with Crippen LogP contribution in [0.3, 0.4) is 0 Å². The first-order valence-corrected chi connectivity index (χ1v) is 8.50. The molecule has 0 N–H and O–H groups in total. The second-order valence-corrected chi connectivity index (χ2v) is 8.03. The summed E-state index contributed by atoms with van der Waals surface area (Å²) in [5.41, 5.74) is 1.55. The van der Waals surface area contributed by atoms with Gasteiger partial charge in [0.05, 0.1) is 0 Å². The summed E-state index contributed by atoms with van der Waals surface area (Å²) < 4.78 is 0. The Bertz CT molecular complexity index is 416. The van der Waals surface area contributed by atoms with E-state index in [1.165, 1.54) is 23.7 Å². The zero-order valence-electron chi connectivity index (χ0n) is 10.1. The molecule has 2 aliphatic carbocycles. The minimum absolute atomic E-state index is 0.672. The summed E-state index contributed by atoms with van der Waals surface area (Å²) in [5, 5.41) is 0. The van der Waals surface area contributed by atoms with E-state index < -0.39 is 0 Å². The normalized spacial score (nSPS) is 42.0. The standard InChI is InChI=1S/C16H19S/c1-2-4-12(5-3-1)9-17-10-15-13-6-7-14(8-13)16(15)11-17/h1-7,13-16H,8-11H2/q+1/t13-,14+,15-,16+,17?. The fraction of sp³-hybridized carbons (Fsp3) is 0.500. The Morgan fingerprint density at radius 2 is 1.59 bits per heavy atom. The van der Waals surface area contributed by atoms with Gasteiger partial charge in [-0.05, 0) is 29.2 Å². The van der Waals surface area contributed by atoms with Gasteiger partial charge in [0.15, 0.2) is 0 Å². The molecule has 1 saturated heterocycles. The van der Waals surface area contributed by atoms with Crippen LogP contribution >= 0.6 is 0 Å². The molecule has 2 fully saturated rings. The Labute approximate surface area is 106 Å². The van der Waals surface area contributed by atoms with Crippen LogP contribution in [-0.2, 0) is 16.6 Å². The van der Waals surface area contributed by atoms with Crippen LogP contribution in [0.25, 0.3) is 0 Å². The maximum atomic E-state index is 2.52. The Hall–Kier alpha value is -0.690. The van der Waals surface area contributed by atoms with Crippen molar-refractivity contribution in [1.82, 2.24) is 0 Å². The lowest BCUT2D eigenvalue weighted by Crippen LogP contribution is -2.16. The Balaban J connectivity index is 1.47. The van der Waals surface area contributed by atoms with Gasteiger partial charge in [-0.3, -0.25) is 0 Å². The second kappa shape index (κ2) is 3.91. The van der Waals surface area contributed by atoms with E-state index in [-0.39, 0.29) is 0 Å². The van der Waals surface area contributed by atoms with Crippen molar-refractivity contribution < 1.29 is 0 Å². The molecule has 3 aliphatic rings. The van der Waals surface area contributed by atoms with Crippen molar-refractivity contribution in [1.29, 1.82) is 0 Å². The molecule has 1 aliphatic heterocycles. The molecule has 5 atom stereocenters. The van der Waals surface area contributed by atoms with Crippen LogP contribution in [0.2, 0.25) is 0 Å². The highest BCUT2D eigenvalue weighted by atomic mass is 32.2. The van der Waals surface area contributed by atoms with Crippen molar-refractivity contribution in [2.45, 2.75) is 12.2 Å². The lowest BCUT2D eigenvalue weighted by atomic mass is 9.86. The zero-order valence-corrected chi connectivity index (χ0v) is 10.9. The first-order chi connectivity index (χ1) is 8.40. The third kappa shape index (κ3) is 1.67. The topological polar surface area (TPSA) is 0 Å². The SMILES string of the molecule is C1=C[C@H]2C[C@@H]1[C@H]1C[S+](Cc3ccccc3)C[C@H]12. The molecule has 0 radical (unpaired) electrons. The summed E-state index contributed by atoms with van der Waals surface area (Å²) in [7, 11) is 0.672. The van der Waals surface area contributed by atoms with Crippen LogP contribution in [0, 0.1) is 23.7 Å². The Morgan fingerprint density at radius 3 is 2.24 bits per heavy atom. The first kappa shape index (κ1) is 10.3. The van der Waals surface area contributed by atoms with Gasteiger partial charge in [0.1, 0.15) is 17.3 Å². The van der Waals surface area contributed by atoms with Crippen LogP contribution in [0.5, 0.6) is 0 Å². The minimum atomic E-state index is 0.672. The maximum Gasteiger partial charge on any atom is 0.133 e. The fourth-order valence-corrected chi connectivity index (χ4v) is 7.17. The lowest BCUT2D eigenvalue weighted by molar-refractivity contribution is 0.395. The summed E-state index contributed by atoms with van der Waals surface area (Å²) in [4.78, 5) is 0. The predicted octanol–water partition coefficient (Wildman–Crippen LogP) is 3.26. The van der Waals surface area contributed by atoms with E-state index in [1.807, 2.05) is 0 Å². The average molecular weight is 243 g/mol. The van der Waals surface area contributed by atoms with Crippen LogP contribution in [0.15, 0.2) is 42.5 Å². The van der Waals surface area contributed by atoms with Crippen LogP contribution in [0.1, 0.15) is 12.0 Å². The molecule has 1 aromatic carbocycles. The van der Waals surface area contributed by atoms with Crippen molar-refractivity contribution in [3.05, 3.63) is 48.0 Å². The highest BCUT2D eigenvalue weighted by Crippen LogP contribution is 2.52. The van der Waals surface area contributed by atoms with Gasteiger partial charge in [-0.25, -0.2) is 0 Å². The highest BCUT2D eigenvalue weighted by Gasteiger charge is 2.54. The van der Waals surface area contributed by atoms with E-state index in [1.54, 1.807) is 5.56 Å². The van der Waals surface area contributed by atoms with Gasteiger partial charge in [0, 0.05) is 17.4 Å².